The van der Waals surface area contributed by atoms with Gasteiger partial charge in [-0.05, 0) is 92.0 Å². The quantitative estimate of drug-likeness (QED) is 0.288. The van der Waals surface area contributed by atoms with Crippen molar-refractivity contribution >= 4 is 11.6 Å². The van der Waals surface area contributed by atoms with E-state index in [-0.39, 0.29) is 5.91 Å². The van der Waals surface area contributed by atoms with Crippen LogP contribution >= 0.6 is 0 Å². The van der Waals surface area contributed by atoms with Gasteiger partial charge in [0.05, 0.1) is 26.5 Å². The number of hydrogen-bond acceptors (Lipinski definition) is 8. The van der Waals surface area contributed by atoms with Crippen molar-refractivity contribution < 1.29 is 19.0 Å². The number of anilines is 1. The second kappa shape index (κ2) is 13.5. The summed E-state index contributed by atoms with van der Waals surface area (Å²) in [6.07, 6.45) is 2.75. The molecule has 4 aromatic rings. The van der Waals surface area contributed by atoms with Crippen LogP contribution in [0.3, 0.4) is 0 Å². The number of rotatable bonds is 10. The minimum Gasteiger partial charge on any atom is -0.497 e. The number of nitrogens with zero attached hydrogens (tertiary/aromatic N) is 5. The van der Waals surface area contributed by atoms with Gasteiger partial charge in [0.1, 0.15) is 24.0 Å². The van der Waals surface area contributed by atoms with E-state index in [2.05, 4.69) is 54.1 Å². The molecule has 1 amide bonds. The first-order chi connectivity index (χ1) is 21.5. The number of carbonyl (C=O) groups excluding carboxylic acids is 1. The molecule has 0 atom stereocenters. The van der Waals surface area contributed by atoms with E-state index >= 15 is 0 Å². The topological polar surface area (TPSA) is 94.0 Å². The van der Waals surface area contributed by atoms with Gasteiger partial charge < -0.3 is 19.5 Å². The van der Waals surface area contributed by atoms with Crippen LogP contribution in [0.2, 0.25) is 0 Å². The summed E-state index contributed by atoms with van der Waals surface area (Å²) in [6.45, 7) is 7.20. The number of aromatic nitrogens is 3. The number of ether oxygens (including phenoxy) is 3. The van der Waals surface area contributed by atoms with Gasteiger partial charge in [0.25, 0.3) is 0 Å². The largest absolute Gasteiger partial charge is 0.497 e. The Morgan fingerprint density at radius 3 is 2.59 bits per heavy atom. The summed E-state index contributed by atoms with van der Waals surface area (Å²) in [5.74, 6) is 4.14. The van der Waals surface area contributed by atoms with E-state index < -0.39 is 0 Å². The highest BCUT2D eigenvalue weighted by atomic mass is 16.5. The third-order valence-corrected chi connectivity index (χ3v) is 8.33. The summed E-state index contributed by atoms with van der Waals surface area (Å²) >= 11 is 0. The van der Waals surface area contributed by atoms with Crippen molar-refractivity contribution in [1.82, 2.24) is 24.6 Å². The molecule has 10 nitrogen and oxygen atoms in total. The predicted octanol–water partition coefficient (Wildman–Crippen LogP) is 4.42. The molecule has 0 spiro atoms. The maximum Gasteiger partial charge on any atom is 0.238 e. The predicted molar refractivity (Wildman–Crippen MR) is 169 cm³/mol. The first kappa shape index (κ1) is 29.7. The molecule has 0 saturated carbocycles. The van der Waals surface area contributed by atoms with Crippen molar-refractivity contribution in [1.29, 1.82) is 0 Å². The zero-order chi connectivity index (χ0) is 30.5. The molecule has 1 N–H and O–H groups in total. The van der Waals surface area contributed by atoms with Crippen molar-refractivity contribution in [2.75, 3.05) is 52.3 Å². The molecular weight excluding hydrogens is 556 g/mol. The van der Waals surface area contributed by atoms with Crippen LogP contribution in [0.15, 0.2) is 60.7 Å². The average Bonchev–Trinajstić information content (AvgIpc) is 3.29. The van der Waals surface area contributed by atoms with Gasteiger partial charge in [-0.25, -0.2) is 0 Å². The molecular formula is C34H40N6O4. The van der Waals surface area contributed by atoms with E-state index in [1.165, 1.54) is 11.1 Å². The van der Waals surface area contributed by atoms with Crippen molar-refractivity contribution in [2.45, 2.75) is 39.3 Å². The fourth-order valence-electron chi connectivity index (χ4n) is 6.06. The lowest BCUT2D eigenvalue weighted by atomic mass is 10.0. The Hall–Kier alpha value is -4.41. The zero-order valence-electron chi connectivity index (χ0n) is 25.7. The van der Waals surface area contributed by atoms with Crippen LogP contribution in [0.1, 0.15) is 34.8 Å². The van der Waals surface area contributed by atoms with Crippen molar-refractivity contribution in [3.8, 4) is 22.9 Å². The van der Waals surface area contributed by atoms with Gasteiger partial charge in [-0.1, -0.05) is 18.2 Å². The number of aryl methyl sites for hydroxylation is 3. The number of fused-ring (bicyclic) bond motifs is 3. The molecule has 3 heterocycles. The third kappa shape index (κ3) is 6.87. The molecule has 44 heavy (non-hydrogen) atoms. The zero-order valence-corrected chi connectivity index (χ0v) is 25.7. The molecule has 0 aliphatic carbocycles. The van der Waals surface area contributed by atoms with Crippen LogP contribution in [-0.4, -0.2) is 77.4 Å². The van der Waals surface area contributed by atoms with Crippen LogP contribution in [0.25, 0.3) is 5.69 Å². The molecule has 230 valence electrons. The van der Waals surface area contributed by atoms with Gasteiger partial charge >= 0.3 is 0 Å². The Morgan fingerprint density at radius 2 is 1.73 bits per heavy atom. The minimum absolute atomic E-state index is 0.0182. The highest BCUT2D eigenvalue weighted by Gasteiger charge is 2.21. The molecule has 10 heteroatoms. The van der Waals surface area contributed by atoms with Crippen LogP contribution in [-0.2, 0) is 30.8 Å². The van der Waals surface area contributed by atoms with Gasteiger partial charge in [-0.15, -0.1) is 10.2 Å². The van der Waals surface area contributed by atoms with Crippen LogP contribution in [0.4, 0.5) is 5.69 Å². The van der Waals surface area contributed by atoms with Crippen molar-refractivity contribution in [3.63, 3.8) is 0 Å². The summed E-state index contributed by atoms with van der Waals surface area (Å²) < 4.78 is 19.2. The summed E-state index contributed by atoms with van der Waals surface area (Å²) in [7, 11) is 3.33. The molecule has 0 unspecified atom stereocenters. The van der Waals surface area contributed by atoms with Gasteiger partial charge in [0.15, 0.2) is 11.5 Å². The van der Waals surface area contributed by atoms with Crippen LogP contribution in [0.5, 0.6) is 17.2 Å². The second-order valence-electron chi connectivity index (χ2n) is 11.4. The molecule has 2 aliphatic rings. The molecule has 0 radical (unpaired) electrons. The van der Waals surface area contributed by atoms with Crippen molar-refractivity contribution in [3.05, 3.63) is 89.0 Å². The number of benzene rings is 3. The standard InChI is InChI=1S/C34H40N6O4/c1-24-36-37-33-13-9-27-20-28(10-11-30(27)40(24)33)35-34(41)22-39-15-5-14-38(16-17-39)21-25-8-12-31(32(19-25)43-3)44-23-26-6-4-7-29(18-26)42-2/h4,6-8,10-12,18-20H,5,9,13-17,21-23H2,1-3H3,(H,35,41). The molecule has 1 fully saturated rings. The highest BCUT2D eigenvalue weighted by molar-refractivity contribution is 5.92. The normalized spacial score (nSPS) is 15.2. The third-order valence-electron chi connectivity index (χ3n) is 8.33. The minimum atomic E-state index is 0.0182. The first-order valence-electron chi connectivity index (χ1n) is 15.2. The number of amides is 1. The fraction of sp³-hybridized carbons (Fsp3) is 0.382. The van der Waals surface area contributed by atoms with Crippen LogP contribution < -0.4 is 19.5 Å². The van der Waals surface area contributed by atoms with Gasteiger partial charge in [-0.3, -0.25) is 19.2 Å². The monoisotopic (exact) mass is 596 g/mol. The molecule has 1 aromatic heterocycles. The van der Waals surface area contributed by atoms with E-state index in [0.29, 0.717) is 18.9 Å². The maximum atomic E-state index is 13.0. The molecule has 3 aromatic carbocycles. The Bertz CT molecular complexity index is 1620. The SMILES string of the molecule is COc1cccc(COc2ccc(CN3CCCN(CC(=O)Nc4ccc5c(c4)CCc4nnc(C)n4-5)CC3)cc2OC)c1. The Morgan fingerprint density at radius 1 is 0.864 bits per heavy atom. The first-order valence-corrected chi connectivity index (χ1v) is 15.2. The summed E-state index contributed by atoms with van der Waals surface area (Å²) in [5, 5.41) is 11.6. The van der Waals surface area contributed by atoms with E-state index in [1.54, 1.807) is 14.2 Å². The van der Waals surface area contributed by atoms with E-state index in [4.69, 9.17) is 14.2 Å². The van der Waals surface area contributed by atoms with Gasteiger partial charge in [-0.2, -0.15) is 0 Å². The summed E-state index contributed by atoms with van der Waals surface area (Å²) in [6, 6.07) is 20.1. The van der Waals surface area contributed by atoms with Gasteiger partial charge in [0.2, 0.25) is 5.91 Å². The molecule has 6 rings (SSSR count). The van der Waals surface area contributed by atoms with Gasteiger partial charge in [0, 0.05) is 31.7 Å². The Balaban J connectivity index is 0.996. The molecule has 2 aliphatic heterocycles. The lowest BCUT2D eigenvalue weighted by molar-refractivity contribution is -0.117. The Kier molecular flexibility index (Phi) is 9.09. The molecule has 1 saturated heterocycles. The smallest absolute Gasteiger partial charge is 0.238 e. The number of methoxy groups -OCH3 is 2. The van der Waals surface area contributed by atoms with E-state index in [1.807, 2.05) is 43.3 Å². The lowest BCUT2D eigenvalue weighted by Gasteiger charge is -2.22. The number of nitrogens with one attached hydrogen (secondary N) is 1. The second-order valence-corrected chi connectivity index (χ2v) is 11.4. The lowest BCUT2D eigenvalue weighted by Crippen LogP contribution is -2.36. The Labute approximate surface area is 258 Å². The summed E-state index contributed by atoms with van der Waals surface area (Å²) in [4.78, 5) is 17.7. The number of hydrogen-bond donors (Lipinski definition) is 1. The summed E-state index contributed by atoms with van der Waals surface area (Å²) in [5.41, 5.74) is 5.35. The van der Waals surface area contributed by atoms with Crippen LogP contribution in [0, 0.1) is 6.92 Å². The number of carbonyl (C=O) groups is 1. The fourth-order valence-corrected chi connectivity index (χ4v) is 6.06. The average molecular weight is 597 g/mol. The van der Waals surface area contributed by atoms with E-state index in [0.717, 1.165) is 92.1 Å². The molecule has 0 bridgehead atoms. The maximum absolute atomic E-state index is 13.0. The van der Waals surface area contributed by atoms with E-state index in [9.17, 15) is 4.79 Å². The highest BCUT2D eigenvalue weighted by Crippen LogP contribution is 2.30. The van der Waals surface area contributed by atoms with Crippen molar-refractivity contribution in [2.24, 2.45) is 0 Å².